The van der Waals surface area contributed by atoms with Crippen molar-refractivity contribution in [1.82, 2.24) is 14.7 Å². The summed E-state index contributed by atoms with van der Waals surface area (Å²) in [6.45, 7) is 2.93. The Hall–Kier alpha value is -2.35. The number of nitrogens with zero attached hydrogens (tertiary/aromatic N) is 3. The minimum atomic E-state index is -1.29. The van der Waals surface area contributed by atoms with Crippen molar-refractivity contribution in [2.75, 3.05) is 0 Å². The van der Waals surface area contributed by atoms with E-state index in [1.165, 1.54) is 31.7 Å². The summed E-state index contributed by atoms with van der Waals surface area (Å²) in [5, 5.41) is 12.2. The Morgan fingerprint density at radius 3 is 2.57 bits per heavy atom. The van der Waals surface area contributed by atoms with Crippen molar-refractivity contribution in [3.8, 4) is 10.6 Å². The van der Waals surface area contributed by atoms with Gasteiger partial charge in [0, 0.05) is 17.7 Å². The van der Waals surface area contributed by atoms with Crippen molar-refractivity contribution in [2.45, 2.75) is 25.9 Å². The molecule has 0 saturated carbocycles. The number of carbonyl (C=O) groups excluding carboxylic acids is 1. The Balaban J connectivity index is 2.01. The van der Waals surface area contributed by atoms with Gasteiger partial charge in [-0.2, -0.15) is 8.94 Å². The monoisotopic (exact) mass is 307 g/mol. The van der Waals surface area contributed by atoms with Crippen molar-refractivity contribution in [1.29, 1.82) is 0 Å². The van der Waals surface area contributed by atoms with Crippen LogP contribution in [0, 0.1) is 0 Å². The Kier molecular flexibility index (Phi) is 4.27. The Labute approximate surface area is 125 Å². The number of hydrogen-bond acceptors (Lipinski definition) is 5. The molecule has 0 spiro atoms. The number of rotatable bonds is 5. The summed E-state index contributed by atoms with van der Waals surface area (Å²) in [7, 11) is 0. The average molecular weight is 307 g/mol. The summed E-state index contributed by atoms with van der Waals surface area (Å²) in [6.07, 6.45) is 4.97. The molecule has 0 atom stereocenters. The molecular formula is C13H15N4O3S+. The van der Waals surface area contributed by atoms with Crippen LogP contribution in [-0.4, -0.2) is 31.9 Å². The van der Waals surface area contributed by atoms with E-state index in [-0.39, 0.29) is 12.5 Å². The second-order valence-corrected chi connectivity index (χ2v) is 5.76. The lowest BCUT2D eigenvalue weighted by atomic mass is 10.1. The zero-order valence-corrected chi connectivity index (χ0v) is 12.4. The fourth-order valence-corrected chi connectivity index (χ4v) is 2.14. The fraction of sp³-hybridized carbons (Fsp3) is 0.308. The van der Waals surface area contributed by atoms with Crippen molar-refractivity contribution in [2.24, 2.45) is 0 Å². The summed E-state index contributed by atoms with van der Waals surface area (Å²) in [5.74, 6) is -1.44. The maximum atomic E-state index is 11.8. The largest absolute Gasteiger partial charge is 0.480 e. The number of hydrogen-bond donors (Lipinski definition) is 2. The van der Waals surface area contributed by atoms with Crippen LogP contribution in [0.25, 0.3) is 10.6 Å². The second-order valence-electron chi connectivity index (χ2n) is 4.98. The molecule has 0 fully saturated rings. The highest BCUT2D eigenvalue weighted by Gasteiger charge is 2.29. The molecular weight excluding hydrogens is 292 g/mol. The minimum absolute atomic E-state index is 0.0487. The first-order valence-corrected chi connectivity index (χ1v) is 6.96. The van der Waals surface area contributed by atoms with Gasteiger partial charge in [0.2, 0.25) is 6.54 Å². The van der Waals surface area contributed by atoms with Crippen LogP contribution in [0.15, 0.2) is 30.9 Å². The summed E-state index contributed by atoms with van der Waals surface area (Å²) in [4.78, 5) is 26.9. The third kappa shape index (κ3) is 3.82. The first-order chi connectivity index (χ1) is 9.88. The first kappa shape index (κ1) is 15.0. The van der Waals surface area contributed by atoms with Crippen LogP contribution >= 0.6 is 11.5 Å². The molecule has 21 heavy (non-hydrogen) atoms. The molecule has 0 bridgehead atoms. The molecule has 2 N–H and O–H groups in total. The molecule has 1 amide bonds. The van der Waals surface area contributed by atoms with E-state index in [9.17, 15) is 9.59 Å². The summed E-state index contributed by atoms with van der Waals surface area (Å²) in [6, 6.07) is 3.66. The molecule has 2 aromatic rings. The summed E-state index contributed by atoms with van der Waals surface area (Å²) >= 11 is 1.29. The highest BCUT2D eigenvalue weighted by Crippen LogP contribution is 2.17. The maximum absolute atomic E-state index is 11.8. The number of aromatic nitrogens is 3. The van der Waals surface area contributed by atoms with E-state index in [1.54, 1.807) is 17.0 Å². The molecule has 2 rings (SSSR count). The van der Waals surface area contributed by atoms with E-state index >= 15 is 0 Å². The van der Waals surface area contributed by atoms with Crippen LogP contribution < -0.4 is 9.88 Å². The van der Waals surface area contributed by atoms with Crippen LogP contribution in [0.4, 0.5) is 0 Å². The van der Waals surface area contributed by atoms with E-state index in [2.05, 4.69) is 14.7 Å². The van der Waals surface area contributed by atoms with Gasteiger partial charge >= 0.3 is 5.97 Å². The van der Waals surface area contributed by atoms with Gasteiger partial charge in [-0.05, 0) is 25.4 Å². The van der Waals surface area contributed by atoms with Crippen LogP contribution in [0.2, 0.25) is 0 Å². The van der Waals surface area contributed by atoms with E-state index < -0.39 is 11.5 Å². The van der Waals surface area contributed by atoms with Crippen LogP contribution in [0.1, 0.15) is 13.8 Å². The van der Waals surface area contributed by atoms with Gasteiger partial charge in [0.25, 0.3) is 5.91 Å². The van der Waals surface area contributed by atoms with Gasteiger partial charge in [-0.15, -0.1) is 0 Å². The lowest BCUT2D eigenvalue weighted by molar-refractivity contribution is -0.684. The quantitative estimate of drug-likeness (QED) is 0.783. The minimum Gasteiger partial charge on any atom is -0.480 e. The van der Waals surface area contributed by atoms with Crippen molar-refractivity contribution < 1.29 is 19.3 Å². The Morgan fingerprint density at radius 2 is 2.05 bits per heavy atom. The van der Waals surface area contributed by atoms with Crippen molar-refractivity contribution in [3.05, 3.63) is 30.9 Å². The maximum Gasteiger partial charge on any atom is 0.328 e. The third-order valence-electron chi connectivity index (χ3n) is 2.81. The fourth-order valence-electron chi connectivity index (χ4n) is 1.61. The average Bonchev–Trinajstić information content (AvgIpc) is 2.92. The molecule has 0 saturated heterocycles. The van der Waals surface area contributed by atoms with Crippen LogP contribution in [0.5, 0.6) is 0 Å². The molecule has 0 aromatic carbocycles. The highest BCUT2D eigenvalue weighted by molar-refractivity contribution is 7.09. The number of aliphatic carboxylic acids is 1. The van der Waals surface area contributed by atoms with E-state index in [1.807, 2.05) is 12.1 Å². The third-order valence-corrected chi connectivity index (χ3v) is 3.53. The summed E-state index contributed by atoms with van der Waals surface area (Å²) < 4.78 is 5.59. The number of amides is 1. The first-order valence-electron chi connectivity index (χ1n) is 6.19. The van der Waals surface area contributed by atoms with Gasteiger partial charge in [0.15, 0.2) is 12.4 Å². The van der Waals surface area contributed by atoms with Gasteiger partial charge in [0.1, 0.15) is 16.9 Å². The smallest absolute Gasteiger partial charge is 0.328 e. The van der Waals surface area contributed by atoms with E-state index in [0.717, 1.165) is 10.6 Å². The predicted octanol–water partition coefficient (Wildman–Crippen LogP) is 0.472. The molecule has 0 aliphatic rings. The normalized spacial score (nSPS) is 11.1. The lowest BCUT2D eigenvalue weighted by Gasteiger charge is -2.19. The topological polar surface area (TPSA) is 96.1 Å². The van der Waals surface area contributed by atoms with Crippen LogP contribution in [0.3, 0.4) is 0 Å². The van der Waals surface area contributed by atoms with Crippen LogP contribution in [-0.2, 0) is 16.1 Å². The van der Waals surface area contributed by atoms with Crippen molar-refractivity contribution >= 4 is 23.4 Å². The Morgan fingerprint density at radius 1 is 1.38 bits per heavy atom. The molecule has 0 aliphatic heterocycles. The second kappa shape index (κ2) is 5.96. The standard InChI is InChI=1S/C13H14N4O3S/c1-13(2,12(19)20)16-10(18)7-17-5-3-9(4-6-17)11-14-8-15-21-11/h3-6,8H,7H2,1-2H3,(H-,16,18,19,20)/p+1. The molecule has 2 heterocycles. The molecule has 0 unspecified atom stereocenters. The van der Waals surface area contributed by atoms with Gasteiger partial charge < -0.3 is 10.4 Å². The number of carboxylic acids is 1. The number of nitrogens with one attached hydrogen (secondary N) is 1. The predicted molar refractivity (Wildman–Crippen MR) is 75.4 cm³/mol. The number of carboxylic acid groups (broad SMARTS) is 1. The Bertz CT molecular complexity index is 638. The van der Waals surface area contributed by atoms with Gasteiger partial charge in [-0.3, -0.25) is 4.79 Å². The number of carbonyl (C=O) groups is 2. The zero-order valence-electron chi connectivity index (χ0n) is 11.6. The molecule has 7 nitrogen and oxygen atoms in total. The van der Waals surface area contributed by atoms with Crippen molar-refractivity contribution in [3.63, 3.8) is 0 Å². The SMILES string of the molecule is CC(C)(NC(=O)C[n+]1ccc(-c2ncns2)cc1)C(=O)O. The molecule has 2 aromatic heterocycles. The molecule has 0 aliphatic carbocycles. The molecule has 110 valence electrons. The summed E-state index contributed by atoms with van der Waals surface area (Å²) in [5.41, 5.74) is -0.371. The molecule has 8 heteroatoms. The van der Waals surface area contributed by atoms with E-state index in [4.69, 9.17) is 5.11 Å². The van der Waals surface area contributed by atoms with Gasteiger partial charge in [0.05, 0.1) is 0 Å². The highest BCUT2D eigenvalue weighted by atomic mass is 32.1. The number of pyridine rings is 1. The lowest BCUT2D eigenvalue weighted by Crippen LogP contribution is -2.53. The van der Waals surface area contributed by atoms with E-state index in [0.29, 0.717) is 0 Å². The molecule has 0 radical (unpaired) electrons. The van der Waals surface area contributed by atoms with Gasteiger partial charge in [-0.25, -0.2) is 9.78 Å². The zero-order chi connectivity index (χ0) is 15.5. The van der Waals surface area contributed by atoms with Gasteiger partial charge in [-0.1, -0.05) is 0 Å².